The van der Waals surface area contributed by atoms with Crippen molar-refractivity contribution in [3.63, 3.8) is 0 Å². The molecular weight excluding hydrogens is 235 g/mol. The van der Waals surface area contributed by atoms with Crippen LogP contribution in [-0.2, 0) is 27.9 Å². The quantitative estimate of drug-likeness (QED) is 0.634. The third-order valence-corrected chi connectivity index (χ3v) is 4.13. The molecule has 0 amide bonds. The maximum absolute atomic E-state index is 11.6. The molecule has 94 valence electrons. The van der Waals surface area contributed by atoms with Gasteiger partial charge in [-0.25, -0.2) is 0 Å². The zero-order chi connectivity index (χ0) is 12.0. The van der Waals surface area contributed by atoms with Crippen molar-refractivity contribution in [2.75, 3.05) is 33.6 Å². The first-order valence-electron chi connectivity index (χ1n) is 5.05. The van der Waals surface area contributed by atoms with E-state index >= 15 is 0 Å². The molecule has 7 heteroatoms. The van der Waals surface area contributed by atoms with Gasteiger partial charge in [0.1, 0.15) is 11.9 Å². The maximum Gasteiger partial charge on any atom is 0.337 e. The van der Waals surface area contributed by atoms with E-state index in [4.69, 9.17) is 9.47 Å². The number of ether oxygens (including phenoxy) is 2. The van der Waals surface area contributed by atoms with Gasteiger partial charge < -0.3 is 18.5 Å². The van der Waals surface area contributed by atoms with Gasteiger partial charge in [0.25, 0.3) is 0 Å². The van der Waals surface area contributed by atoms with Crippen LogP contribution < -0.4 is 0 Å². The van der Waals surface area contributed by atoms with E-state index in [9.17, 15) is 9.36 Å². The monoisotopic (exact) mass is 252 g/mol. The van der Waals surface area contributed by atoms with Crippen LogP contribution >= 0.6 is 7.60 Å². The van der Waals surface area contributed by atoms with E-state index in [1.165, 1.54) is 14.2 Å². The van der Waals surface area contributed by atoms with E-state index in [-0.39, 0.29) is 24.7 Å². The van der Waals surface area contributed by atoms with Crippen LogP contribution in [0.1, 0.15) is 12.8 Å². The lowest BCUT2D eigenvalue weighted by atomic mass is 10.2. The fraction of sp³-hybridized carbons (Fsp3) is 0.889. The Kier molecular flexibility index (Phi) is 5.58. The predicted molar refractivity (Wildman–Crippen MR) is 56.4 cm³/mol. The molecular formula is C9H17O6P. The summed E-state index contributed by atoms with van der Waals surface area (Å²) < 4.78 is 31.3. The third kappa shape index (κ3) is 4.31. The Bertz CT molecular complexity index is 265. The second-order valence-electron chi connectivity index (χ2n) is 3.38. The first kappa shape index (κ1) is 13.8. The number of rotatable bonds is 7. The molecule has 1 saturated heterocycles. The van der Waals surface area contributed by atoms with Crippen LogP contribution in [0.4, 0.5) is 0 Å². The molecule has 6 nitrogen and oxygen atoms in total. The van der Waals surface area contributed by atoms with Crippen LogP contribution in [-0.4, -0.2) is 45.7 Å². The molecule has 1 aliphatic rings. The van der Waals surface area contributed by atoms with E-state index in [2.05, 4.69) is 9.05 Å². The van der Waals surface area contributed by atoms with Crippen molar-refractivity contribution < 1.29 is 27.9 Å². The lowest BCUT2D eigenvalue weighted by Gasteiger charge is -2.13. The number of carbonyl (C=O) groups excluding carboxylic acids is 1. The summed E-state index contributed by atoms with van der Waals surface area (Å²) in [5.41, 5.74) is 0. The first-order valence-corrected chi connectivity index (χ1v) is 6.78. The average Bonchev–Trinajstić information content (AvgIpc) is 2.79. The first-order chi connectivity index (χ1) is 7.59. The van der Waals surface area contributed by atoms with Gasteiger partial charge in [-0.05, 0) is 0 Å². The molecule has 0 aromatic rings. The summed E-state index contributed by atoms with van der Waals surface area (Å²) >= 11 is 0. The Balaban J connectivity index is 2.26. The smallest absolute Gasteiger partial charge is 0.337 e. The average molecular weight is 252 g/mol. The van der Waals surface area contributed by atoms with Crippen LogP contribution in [0.3, 0.4) is 0 Å². The number of ketones is 1. The SMILES string of the molecule is COP(=O)(CC(=O)CCC1OCCO1)OC. The van der Waals surface area contributed by atoms with Gasteiger partial charge in [0.15, 0.2) is 6.29 Å². The van der Waals surface area contributed by atoms with Crippen molar-refractivity contribution in [1.82, 2.24) is 0 Å². The van der Waals surface area contributed by atoms with Crippen molar-refractivity contribution >= 4 is 13.4 Å². The molecule has 1 rings (SSSR count). The normalized spacial score (nSPS) is 17.9. The van der Waals surface area contributed by atoms with Gasteiger partial charge in [0, 0.05) is 27.1 Å². The Morgan fingerprint density at radius 2 is 1.88 bits per heavy atom. The predicted octanol–water partition coefficient (Wildman–Crippen LogP) is 1.19. The molecule has 0 bridgehead atoms. The van der Waals surface area contributed by atoms with Crippen molar-refractivity contribution in [2.45, 2.75) is 19.1 Å². The third-order valence-electron chi connectivity index (χ3n) is 2.28. The molecule has 0 N–H and O–H groups in total. The van der Waals surface area contributed by atoms with Crippen LogP contribution in [0.5, 0.6) is 0 Å². The zero-order valence-electron chi connectivity index (χ0n) is 9.51. The van der Waals surface area contributed by atoms with Crippen LogP contribution in [0, 0.1) is 0 Å². The van der Waals surface area contributed by atoms with Gasteiger partial charge in [-0.15, -0.1) is 0 Å². The fourth-order valence-corrected chi connectivity index (χ4v) is 2.35. The van der Waals surface area contributed by atoms with E-state index in [0.29, 0.717) is 19.6 Å². The maximum atomic E-state index is 11.6. The Hall–Kier alpha value is -0.260. The van der Waals surface area contributed by atoms with Crippen molar-refractivity contribution in [3.8, 4) is 0 Å². The summed E-state index contributed by atoms with van der Waals surface area (Å²) in [5.74, 6) is -0.175. The molecule has 1 aliphatic heterocycles. The van der Waals surface area contributed by atoms with E-state index < -0.39 is 7.60 Å². The minimum Gasteiger partial charge on any atom is -0.350 e. The highest BCUT2D eigenvalue weighted by atomic mass is 31.2. The van der Waals surface area contributed by atoms with Crippen LogP contribution in [0.15, 0.2) is 0 Å². The van der Waals surface area contributed by atoms with Gasteiger partial charge in [-0.2, -0.15) is 0 Å². The lowest BCUT2D eigenvalue weighted by molar-refractivity contribution is -0.119. The van der Waals surface area contributed by atoms with Crippen LogP contribution in [0.25, 0.3) is 0 Å². The second-order valence-corrected chi connectivity index (χ2v) is 5.65. The fourth-order valence-electron chi connectivity index (χ4n) is 1.35. The van der Waals surface area contributed by atoms with E-state index in [1.54, 1.807) is 0 Å². The highest BCUT2D eigenvalue weighted by Gasteiger charge is 2.26. The number of hydrogen-bond acceptors (Lipinski definition) is 6. The van der Waals surface area contributed by atoms with Crippen LogP contribution in [0.2, 0.25) is 0 Å². The minimum atomic E-state index is -3.23. The Morgan fingerprint density at radius 3 is 2.38 bits per heavy atom. The molecule has 0 radical (unpaired) electrons. The summed E-state index contributed by atoms with van der Waals surface area (Å²) in [7, 11) is -0.700. The van der Waals surface area contributed by atoms with Gasteiger partial charge in [-0.1, -0.05) is 0 Å². The number of carbonyl (C=O) groups is 1. The molecule has 0 aromatic carbocycles. The lowest BCUT2D eigenvalue weighted by Crippen LogP contribution is -2.13. The van der Waals surface area contributed by atoms with Gasteiger partial charge in [-0.3, -0.25) is 9.36 Å². The summed E-state index contributed by atoms with van der Waals surface area (Å²) in [6.45, 7) is 1.13. The summed E-state index contributed by atoms with van der Waals surface area (Å²) in [4.78, 5) is 11.5. The van der Waals surface area contributed by atoms with Crippen molar-refractivity contribution in [1.29, 1.82) is 0 Å². The Labute approximate surface area is 94.7 Å². The summed E-state index contributed by atoms with van der Waals surface area (Å²) in [6.07, 6.45) is 0.216. The van der Waals surface area contributed by atoms with Crippen molar-refractivity contribution in [2.24, 2.45) is 0 Å². The van der Waals surface area contributed by atoms with Crippen molar-refractivity contribution in [3.05, 3.63) is 0 Å². The number of hydrogen-bond donors (Lipinski definition) is 0. The highest BCUT2D eigenvalue weighted by Crippen LogP contribution is 2.46. The molecule has 0 aromatic heterocycles. The standard InChI is InChI=1S/C9H17O6P/c1-12-16(11,13-2)7-8(10)3-4-9-14-5-6-15-9/h9H,3-7H2,1-2H3. The highest BCUT2D eigenvalue weighted by molar-refractivity contribution is 7.54. The van der Waals surface area contributed by atoms with Gasteiger partial charge in [0.05, 0.1) is 13.2 Å². The molecule has 1 fully saturated rings. The topological polar surface area (TPSA) is 71.1 Å². The molecule has 0 atom stereocenters. The molecule has 16 heavy (non-hydrogen) atoms. The largest absolute Gasteiger partial charge is 0.350 e. The molecule has 0 aliphatic carbocycles. The molecule has 0 saturated carbocycles. The van der Waals surface area contributed by atoms with E-state index in [1.807, 2.05) is 0 Å². The second kappa shape index (κ2) is 6.47. The minimum absolute atomic E-state index is 0.175. The van der Waals surface area contributed by atoms with Gasteiger partial charge >= 0.3 is 7.60 Å². The molecule has 0 spiro atoms. The molecule has 1 heterocycles. The van der Waals surface area contributed by atoms with E-state index in [0.717, 1.165) is 0 Å². The Morgan fingerprint density at radius 1 is 1.31 bits per heavy atom. The molecule has 0 unspecified atom stereocenters. The number of Topliss-reactive ketones (excluding diaryl/α,β-unsaturated/α-hetero) is 1. The zero-order valence-corrected chi connectivity index (χ0v) is 10.4. The van der Waals surface area contributed by atoms with Gasteiger partial charge in [0.2, 0.25) is 0 Å². The summed E-state index contributed by atoms with van der Waals surface area (Å²) in [6, 6.07) is 0. The summed E-state index contributed by atoms with van der Waals surface area (Å²) in [5, 5.41) is 0.